The third-order valence-corrected chi connectivity index (χ3v) is 1.31. The van der Waals surface area contributed by atoms with Crippen LogP contribution in [0.1, 0.15) is 13.8 Å². The highest BCUT2D eigenvalue weighted by Gasteiger charge is 1.93. The molecule has 0 aromatic rings. The fraction of sp³-hybridized carbons (Fsp3) is 1.00. The third-order valence-electron chi connectivity index (χ3n) is 1.31. The van der Waals surface area contributed by atoms with E-state index in [2.05, 4.69) is 24.6 Å². The molecule has 0 aromatic heterocycles. The number of nitrogens with two attached hydrogens (primary N) is 1. The van der Waals surface area contributed by atoms with Crippen LogP contribution in [0.25, 0.3) is 0 Å². The molecule has 0 saturated carbocycles. The van der Waals surface area contributed by atoms with Crippen molar-refractivity contribution in [3.63, 3.8) is 0 Å². The van der Waals surface area contributed by atoms with Gasteiger partial charge in [0.2, 0.25) is 0 Å². The van der Waals surface area contributed by atoms with Crippen molar-refractivity contribution in [2.75, 3.05) is 26.2 Å². The van der Waals surface area contributed by atoms with Gasteiger partial charge in [0.1, 0.15) is 0 Å². The Morgan fingerprint density at radius 1 is 1.20 bits per heavy atom. The van der Waals surface area contributed by atoms with Gasteiger partial charge in [0.05, 0.1) is 6.61 Å². The molecule has 0 heterocycles. The van der Waals surface area contributed by atoms with E-state index in [1.165, 1.54) is 0 Å². The molecule has 10 heavy (non-hydrogen) atoms. The highest BCUT2D eigenvalue weighted by Crippen LogP contribution is 1.82. The zero-order chi connectivity index (χ0) is 8.41. The summed E-state index contributed by atoms with van der Waals surface area (Å²) in [7, 11) is 0. The number of nitrogens with zero attached hydrogens (tertiary/aromatic N) is 1. The lowest BCUT2D eigenvalue weighted by Gasteiger charge is -2.15. The molecule has 0 aliphatic carbocycles. The molecule has 0 saturated heterocycles. The number of likely N-dealkylation sites (N-methyl/N-ethyl adjacent to an activating group) is 1. The van der Waals surface area contributed by atoms with Crippen LogP contribution in [0.15, 0.2) is 0 Å². The van der Waals surface area contributed by atoms with Gasteiger partial charge in [-0.3, -0.25) is 0 Å². The molecule has 4 N–H and O–H groups in total. The summed E-state index contributed by atoms with van der Waals surface area (Å²) in [5.74, 6) is 3.50. The quantitative estimate of drug-likeness (QED) is 0.479. The van der Waals surface area contributed by atoms with Gasteiger partial charge in [-0.25, -0.2) is 5.90 Å². The second kappa shape index (κ2) is 11.6. The number of hydrogen-bond acceptors (Lipinski definition) is 4. The van der Waals surface area contributed by atoms with Crippen molar-refractivity contribution in [1.82, 2.24) is 4.90 Å². The topological polar surface area (TPSA) is 69.7 Å². The van der Waals surface area contributed by atoms with Gasteiger partial charge in [-0.15, -0.1) is 0 Å². The average molecular weight is 150 g/mol. The van der Waals surface area contributed by atoms with Crippen LogP contribution in [0.4, 0.5) is 0 Å². The fourth-order valence-corrected chi connectivity index (χ4v) is 0.681. The minimum Gasteiger partial charge on any atom is -0.395 e. The summed E-state index contributed by atoms with van der Waals surface area (Å²) >= 11 is 0. The Bertz CT molecular complexity index is 49.0. The van der Waals surface area contributed by atoms with Crippen molar-refractivity contribution in [3.05, 3.63) is 0 Å². The lowest BCUT2D eigenvalue weighted by molar-refractivity contribution is 0.208. The molecular weight excluding hydrogens is 132 g/mol. The molecule has 64 valence electrons. The Morgan fingerprint density at radius 2 is 1.60 bits per heavy atom. The summed E-state index contributed by atoms with van der Waals surface area (Å²) in [5, 5.41) is 15.0. The smallest absolute Gasteiger partial charge is 0.0558 e. The second-order valence-corrected chi connectivity index (χ2v) is 1.75. The van der Waals surface area contributed by atoms with E-state index in [9.17, 15) is 0 Å². The van der Waals surface area contributed by atoms with E-state index in [1.54, 1.807) is 0 Å². The summed E-state index contributed by atoms with van der Waals surface area (Å²) in [5.41, 5.74) is 0. The molecular formula is C6H18N2O2. The summed E-state index contributed by atoms with van der Waals surface area (Å²) in [6, 6.07) is 0. The maximum Gasteiger partial charge on any atom is 0.0558 e. The standard InChI is InChI=1S/C6H15NO.H3NO/c1-3-7(4-2)5-6-8;1-2/h8H,3-6H2,1-2H3;2H,1H2. The number of hydrogen-bond donors (Lipinski definition) is 3. The molecule has 0 amide bonds. The van der Waals surface area contributed by atoms with Crippen LogP contribution in [0, 0.1) is 0 Å². The number of aliphatic hydroxyl groups excluding tert-OH is 1. The highest BCUT2D eigenvalue weighted by molar-refractivity contribution is 4.47. The lowest BCUT2D eigenvalue weighted by atomic mass is 10.5. The first-order valence-corrected chi connectivity index (χ1v) is 3.44. The maximum atomic E-state index is 8.46. The predicted molar refractivity (Wildman–Crippen MR) is 40.8 cm³/mol. The van der Waals surface area contributed by atoms with Gasteiger partial charge in [-0.2, -0.15) is 0 Å². The van der Waals surface area contributed by atoms with Gasteiger partial charge >= 0.3 is 0 Å². The molecule has 0 radical (unpaired) electrons. The molecule has 0 spiro atoms. The Hall–Kier alpha value is -0.160. The van der Waals surface area contributed by atoms with E-state index < -0.39 is 0 Å². The summed E-state index contributed by atoms with van der Waals surface area (Å²) in [6.07, 6.45) is 0. The van der Waals surface area contributed by atoms with Crippen LogP contribution in [-0.4, -0.2) is 41.5 Å². The fourth-order valence-electron chi connectivity index (χ4n) is 0.681. The lowest BCUT2D eigenvalue weighted by Crippen LogP contribution is -2.25. The molecule has 0 bridgehead atoms. The van der Waals surface area contributed by atoms with Crippen LogP contribution in [-0.2, 0) is 0 Å². The van der Waals surface area contributed by atoms with Gasteiger partial charge in [0, 0.05) is 6.54 Å². The number of rotatable bonds is 4. The summed E-state index contributed by atoms with van der Waals surface area (Å²) in [6.45, 7) is 7.36. The van der Waals surface area contributed by atoms with Crippen molar-refractivity contribution >= 4 is 0 Å². The van der Waals surface area contributed by atoms with Crippen LogP contribution in [0.2, 0.25) is 0 Å². The molecule has 0 atom stereocenters. The molecule has 0 aromatic carbocycles. The first kappa shape index (κ1) is 12.5. The molecule has 0 rings (SSSR count). The minimum atomic E-state index is 0.279. The molecule has 0 unspecified atom stereocenters. The summed E-state index contributed by atoms with van der Waals surface area (Å²) in [4.78, 5) is 2.18. The Balaban J connectivity index is 0. The maximum absolute atomic E-state index is 8.46. The second-order valence-electron chi connectivity index (χ2n) is 1.75. The van der Waals surface area contributed by atoms with Crippen LogP contribution in [0.3, 0.4) is 0 Å². The van der Waals surface area contributed by atoms with E-state index in [-0.39, 0.29) is 6.61 Å². The highest BCUT2D eigenvalue weighted by atomic mass is 16.4. The monoisotopic (exact) mass is 150 g/mol. The summed E-state index contributed by atoms with van der Waals surface area (Å²) < 4.78 is 0. The van der Waals surface area contributed by atoms with Gasteiger partial charge in [0.15, 0.2) is 0 Å². The van der Waals surface area contributed by atoms with Gasteiger partial charge in [-0.05, 0) is 13.1 Å². The predicted octanol–water partition coefficient (Wildman–Crippen LogP) is -0.345. The molecule has 0 aliphatic heterocycles. The van der Waals surface area contributed by atoms with E-state index in [0.29, 0.717) is 0 Å². The Labute approximate surface area is 62.2 Å². The van der Waals surface area contributed by atoms with Gasteiger partial charge in [0.25, 0.3) is 0 Å². The van der Waals surface area contributed by atoms with Crippen molar-refractivity contribution in [3.8, 4) is 0 Å². The molecule has 4 nitrogen and oxygen atoms in total. The van der Waals surface area contributed by atoms with Crippen molar-refractivity contribution < 1.29 is 10.3 Å². The zero-order valence-corrected chi connectivity index (χ0v) is 6.75. The normalized spacial score (nSPS) is 9.00. The van der Waals surface area contributed by atoms with Crippen LogP contribution < -0.4 is 5.90 Å². The van der Waals surface area contributed by atoms with E-state index in [4.69, 9.17) is 10.3 Å². The van der Waals surface area contributed by atoms with E-state index in [0.717, 1.165) is 19.6 Å². The first-order valence-electron chi connectivity index (χ1n) is 3.44. The largest absolute Gasteiger partial charge is 0.395 e. The van der Waals surface area contributed by atoms with E-state index >= 15 is 0 Å². The molecule has 0 fully saturated rings. The SMILES string of the molecule is CCN(CC)CCO.NO. The minimum absolute atomic E-state index is 0.279. The zero-order valence-electron chi connectivity index (χ0n) is 6.75. The van der Waals surface area contributed by atoms with Gasteiger partial charge < -0.3 is 15.2 Å². The Morgan fingerprint density at radius 3 is 1.70 bits per heavy atom. The molecule has 0 aliphatic rings. The van der Waals surface area contributed by atoms with Gasteiger partial charge in [-0.1, -0.05) is 13.8 Å². The van der Waals surface area contributed by atoms with Crippen molar-refractivity contribution in [2.24, 2.45) is 5.90 Å². The first-order chi connectivity index (χ1) is 4.85. The van der Waals surface area contributed by atoms with Crippen molar-refractivity contribution in [2.45, 2.75) is 13.8 Å². The molecule has 4 heteroatoms. The average Bonchev–Trinajstić information content (AvgIpc) is 2.04. The van der Waals surface area contributed by atoms with Crippen LogP contribution in [0.5, 0.6) is 0 Å². The van der Waals surface area contributed by atoms with Crippen LogP contribution >= 0.6 is 0 Å². The van der Waals surface area contributed by atoms with Crippen molar-refractivity contribution in [1.29, 1.82) is 0 Å². The number of aliphatic hydroxyl groups is 1. The third kappa shape index (κ3) is 7.84. The van der Waals surface area contributed by atoms with E-state index in [1.807, 2.05) is 0 Å². The Kier molecular flexibility index (Phi) is 14.5.